The molecule has 1 aliphatic heterocycles. The van der Waals surface area contributed by atoms with Crippen molar-refractivity contribution < 1.29 is 9.59 Å². The van der Waals surface area contributed by atoms with Crippen molar-refractivity contribution in [2.45, 2.75) is 13.1 Å². The topological polar surface area (TPSA) is 70.5 Å². The molecule has 8 heteroatoms. The standard InChI is InChI=1S/C23H24ClN5O2/c1-27-12-17-8-15(11-25-23(17)26-21(30)14-27)4-7-22(31)28(2)13-19-10-16-9-18(24)5-6-20(16)29(19)3/h4-11H,12-14H2,1-3H3,(H,25,26,30). The van der Waals surface area contributed by atoms with Crippen LogP contribution in [0.3, 0.4) is 0 Å². The molecule has 0 fully saturated rings. The van der Waals surface area contributed by atoms with Crippen LogP contribution in [0.25, 0.3) is 17.0 Å². The van der Waals surface area contributed by atoms with Gasteiger partial charge in [-0.05, 0) is 49.0 Å². The fourth-order valence-corrected chi connectivity index (χ4v) is 3.94. The predicted octanol–water partition coefficient (Wildman–Crippen LogP) is 3.28. The number of hydrogen-bond donors (Lipinski definition) is 1. The minimum absolute atomic E-state index is 0.0792. The Morgan fingerprint density at radius 2 is 2.06 bits per heavy atom. The van der Waals surface area contributed by atoms with Crippen LogP contribution in [0, 0.1) is 0 Å². The number of aromatic nitrogens is 2. The van der Waals surface area contributed by atoms with E-state index in [1.807, 2.05) is 43.3 Å². The van der Waals surface area contributed by atoms with Gasteiger partial charge in [-0.25, -0.2) is 4.98 Å². The lowest BCUT2D eigenvalue weighted by molar-refractivity contribution is -0.125. The summed E-state index contributed by atoms with van der Waals surface area (Å²) in [7, 11) is 5.64. The predicted molar refractivity (Wildman–Crippen MR) is 123 cm³/mol. The summed E-state index contributed by atoms with van der Waals surface area (Å²) in [5.74, 6) is 0.388. The molecule has 1 aliphatic rings. The van der Waals surface area contributed by atoms with Crippen molar-refractivity contribution >= 4 is 46.2 Å². The maximum absolute atomic E-state index is 12.7. The number of benzene rings is 1. The van der Waals surface area contributed by atoms with E-state index in [1.165, 1.54) is 0 Å². The summed E-state index contributed by atoms with van der Waals surface area (Å²) in [5.41, 5.74) is 3.82. The van der Waals surface area contributed by atoms with E-state index in [-0.39, 0.29) is 11.8 Å². The minimum Gasteiger partial charge on any atom is -0.346 e. The van der Waals surface area contributed by atoms with E-state index in [0.717, 1.165) is 27.7 Å². The molecule has 2 amide bonds. The Labute approximate surface area is 185 Å². The van der Waals surface area contributed by atoms with E-state index in [0.29, 0.717) is 30.5 Å². The van der Waals surface area contributed by atoms with Gasteiger partial charge in [0, 0.05) is 60.1 Å². The van der Waals surface area contributed by atoms with Crippen molar-refractivity contribution in [2.75, 3.05) is 26.0 Å². The molecule has 0 bridgehead atoms. The van der Waals surface area contributed by atoms with Crippen LogP contribution in [-0.4, -0.2) is 51.8 Å². The molecule has 0 spiro atoms. The molecule has 31 heavy (non-hydrogen) atoms. The molecular weight excluding hydrogens is 414 g/mol. The Hall–Kier alpha value is -3.16. The summed E-state index contributed by atoms with van der Waals surface area (Å²) < 4.78 is 2.07. The Kier molecular flexibility index (Phi) is 5.80. The molecular formula is C23H24ClN5O2. The van der Waals surface area contributed by atoms with Crippen LogP contribution in [0.4, 0.5) is 5.82 Å². The van der Waals surface area contributed by atoms with Gasteiger partial charge in [-0.2, -0.15) is 0 Å². The number of anilines is 1. The van der Waals surface area contributed by atoms with E-state index in [2.05, 4.69) is 20.9 Å². The molecule has 3 aromatic rings. The van der Waals surface area contributed by atoms with Gasteiger partial charge in [-0.1, -0.05) is 11.6 Å². The first-order valence-electron chi connectivity index (χ1n) is 9.94. The number of amides is 2. The summed E-state index contributed by atoms with van der Waals surface area (Å²) >= 11 is 6.09. The van der Waals surface area contributed by atoms with Crippen molar-refractivity contribution in [1.29, 1.82) is 0 Å². The first kappa shape index (κ1) is 21.1. The first-order chi connectivity index (χ1) is 14.8. The smallest absolute Gasteiger partial charge is 0.246 e. The Morgan fingerprint density at radius 3 is 2.87 bits per heavy atom. The maximum atomic E-state index is 12.7. The molecule has 0 unspecified atom stereocenters. The van der Waals surface area contributed by atoms with Gasteiger partial charge in [0.15, 0.2) is 0 Å². The highest BCUT2D eigenvalue weighted by molar-refractivity contribution is 6.31. The molecule has 3 heterocycles. The number of nitrogens with one attached hydrogen (secondary N) is 1. The van der Waals surface area contributed by atoms with Crippen LogP contribution in [0.2, 0.25) is 5.02 Å². The lowest BCUT2D eigenvalue weighted by Gasteiger charge is -2.16. The van der Waals surface area contributed by atoms with E-state index < -0.39 is 0 Å². The number of pyridine rings is 1. The second kappa shape index (κ2) is 8.53. The van der Waals surface area contributed by atoms with Gasteiger partial charge in [0.25, 0.3) is 0 Å². The quantitative estimate of drug-likeness (QED) is 0.636. The fraction of sp³-hybridized carbons (Fsp3) is 0.261. The number of hydrogen-bond acceptors (Lipinski definition) is 4. The highest BCUT2D eigenvalue weighted by atomic mass is 35.5. The van der Waals surface area contributed by atoms with Crippen molar-refractivity contribution in [3.8, 4) is 0 Å². The SMILES string of the molecule is CN1CC(=O)Nc2ncc(C=CC(=O)N(C)Cc3cc4cc(Cl)ccc4n3C)cc2C1. The lowest BCUT2D eigenvalue weighted by atomic mass is 10.1. The van der Waals surface area contributed by atoms with Crippen LogP contribution in [-0.2, 0) is 29.7 Å². The number of carbonyl (C=O) groups excluding carboxylic acids is 2. The number of likely N-dealkylation sites (N-methyl/N-ethyl adjacent to an activating group) is 2. The van der Waals surface area contributed by atoms with Crippen LogP contribution in [0.1, 0.15) is 16.8 Å². The summed E-state index contributed by atoms with van der Waals surface area (Å²) in [6.45, 7) is 1.41. The number of rotatable bonds is 4. The minimum atomic E-state index is -0.108. The summed E-state index contributed by atoms with van der Waals surface area (Å²) in [5, 5.41) is 4.55. The molecule has 0 saturated heterocycles. The number of carbonyl (C=O) groups is 2. The van der Waals surface area contributed by atoms with Crippen molar-refractivity contribution in [3.63, 3.8) is 0 Å². The third-order valence-corrected chi connectivity index (χ3v) is 5.63. The van der Waals surface area contributed by atoms with Crippen molar-refractivity contribution in [3.05, 3.63) is 64.4 Å². The highest BCUT2D eigenvalue weighted by Gasteiger charge is 2.17. The van der Waals surface area contributed by atoms with Crippen molar-refractivity contribution in [2.24, 2.45) is 7.05 Å². The molecule has 0 saturated carbocycles. The molecule has 4 rings (SSSR count). The van der Waals surface area contributed by atoms with Crippen LogP contribution < -0.4 is 5.32 Å². The fourth-order valence-electron chi connectivity index (χ4n) is 3.76. The summed E-state index contributed by atoms with van der Waals surface area (Å²) in [4.78, 5) is 32.4. The van der Waals surface area contributed by atoms with Crippen LogP contribution in [0.5, 0.6) is 0 Å². The zero-order chi connectivity index (χ0) is 22.1. The Bertz CT molecular complexity index is 1200. The number of fused-ring (bicyclic) bond motifs is 2. The Balaban J connectivity index is 1.47. The molecule has 0 radical (unpaired) electrons. The van der Waals surface area contributed by atoms with E-state index in [9.17, 15) is 9.59 Å². The second-order valence-corrected chi connectivity index (χ2v) is 8.36. The Morgan fingerprint density at radius 1 is 1.26 bits per heavy atom. The van der Waals surface area contributed by atoms with Crippen molar-refractivity contribution in [1.82, 2.24) is 19.4 Å². The van der Waals surface area contributed by atoms with E-state index in [4.69, 9.17) is 11.6 Å². The third-order valence-electron chi connectivity index (χ3n) is 5.40. The number of halogens is 1. The second-order valence-electron chi connectivity index (χ2n) is 7.92. The van der Waals surface area contributed by atoms with Gasteiger partial charge >= 0.3 is 0 Å². The molecule has 1 N–H and O–H groups in total. The van der Waals surface area contributed by atoms with Gasteiger partial charge < -0.3 is 14.8 Å². The zero-order valence-electron chi connectivity index (χ0n) is 17.7. The van der Waals surface area contributed by atoms with Gasteiger partial charge in [0.1, 0.15) is 5.82 Å². The van der Waals surface area contributed by atoms with E-state index in [1.54, 1.807) is 30.3 Å². The maximum Gasteiger partial charge on any atom is 0.246 e. The normalized spacial score (nSPS) is 14.5. The van der Waals surface area contributed by atoms with E-state index >= 15 is 0 Å². The molecule has 7 nitrogen and oxygen atoms in total. The number of nitrogens with zero attached hydrogens (tertiary/aromatic N) is 4. The first-order valence-corrected chi connectivity index (χ1v) is 10.3. The molecule has 1 aromatic carbocycles. The summed E-state index contributed by atoms with van der Waals surface area (Å²) in [6, 6.07) is 9.77. The zero-order valence-corrected chi connectivity index (χ0v) is 18.5. The molecule has 160 valence electrons. The lowest BCUT2D eigenvalue weighted by Crippen LogP contribution is -2.26. The molecule has 2 aromatic heterocycles. The monoisotopic (exact) mass is 437 g/mol. The average Bonchev–Trinajstić information content (AvgIpc) is 2.92. The summed E-state index contributed by atoms with van der Waals surface area (Å²) in [6.07, 6.45) is 4.95. The third kappa shape index (κ3) is 4.62. The van der Waals surface area contributed by atoms with Crippen LogP contribution >= 0.6 is 11.6 Å². The van der Waals surface area contributed by atoms with Gasteiger partial charge in [-0.3, -0.25) is 14.5 Å². The van der Waals surface area contributed by atoms with Gasteiger partial charge in [0.05, 0.1) is 13.1 Å². The number of aryl methyl sites for hydroxylation is 1. The van der Waals surface area contributed by atoms with Gasteiger partial charge in [0.2, 0.25) is 11.8 Å². The van der Waals surface area contributed by atoms with Gasteiger partial charge in [-0.15, -0.1) is 0 Å². The van der Waals surface area contributed by atoms with Crippen LogP contribution in [0.15, 0.2) is 42.6 Å². The molecule has 0 atom stereocenters. The molecule has 0 aliphatic carbocycles. The highest BCUT2D eigenvalue weighted by Crippen LogP contribution is 2.23. The average molecular weight is 438 g/mol. The largest absolute Gasteiger partial charge is 0.346 e.